The minimum atomic E-state index is -3.68. The van der Waals surface area contributed by atoms with Crippen LogP contribution in [0.4, 0.5) is 17.2 Å². The summed E-state index contributed by atoms with van der Waals surface area (Å²) in [6.07, 6.45) is 1.40. The van der Waals surface area contributed by atoms with Gasteiger partial charge in [-0.2, -0.15) is 0 Å². The van der Waals surface area contributed by atoms with Gasteiger partial charge in [-0.3, -0.25) is 4.72 Å². The number of aromatic nitrogens is 1. The highest BCUT2D eigenvalue weighted by Crippen LogP contribution is 2.22. The van der Waals surface area contributed by atoms with Crippen LogP contribution in [0.1, 0.15) is 17.3 Å². The van der Waals surface area contributed by atoms with Gasteiger partial charge in [-0.15, -0.1) is 0 Å². The van der Waals surface area contributed by atoms with E-state index in [0.29, 0.717) is 22.8 Å². The molecule has 8 heteroatoms. The fraction of sp³-hybridized carbons (Fsp3) is 0.100. The molecule has 7 nitrogen and oxygen atoms in total. The Morgan fingerprint density at radius 2 is 1.71 bits per heavy atom. The Labute approximate surface area is 163 Å². The average Bonchev–Trinajstić information content (AvgIpc) is 2.70. The molecular weight excluding hydrogens is 378 g/mol. The van der Waals surface area contributed by atoms with Crippen LogP contribution in [0, 0.1) is 0 Å². The molecule has 2 aromatic carbocycles. The molecule has 0 spiro atoms. The van der Waals surface area contributed by atoms with Crippen molar-refractivity contribution in [1.82, 2.24) is 4.98 Å². The zero-order valence-corrected chi connectivity index (χ0v) is 15.9. The Bertz CT molecular complexity index is 1050. The number of hydrogen-bond acceptors (Lipinski definition) is 6. The summed E-state index contributed by atoms with van der Waals surface area (Å²) in [4.78, 5) is 16.4. The lowest BCUT2D eigenvalue weighted by molar-refractivity contribution is 0.0527. The fourth-order valence-electron chi connectivity index (χ4n) is 2.46. The van der Waals surface area contributed by atoms with Crippen LogP contribution < -0.4 is 10.0 Å². The Balaban J connectivity index is 1.75. The van der Waals surface area contributed by atoms with Crippen LogP contribution in [0.25, 0.3) is 0 Å². The van der Waals surface area contributed by atoms with E-state index in [1.807, 2.05) is 0 Å². The molecular formula is C20H19N3O4S. The van der Waals surface area contributed by atoms with Gasteiger partial charge in [0.25, 0.3) is 10.0 Å². The third-order valence-electron chi connectivity index (χ3n) is 3.75. The summed E-state index contributed by atoms with van der Waals surface area (Å²) in [6, 6.07) is 18.2. The molecule has 144 valence electrons. The van der Waals surface area contributed by atoms with E-state index < -0.39 is 16.0 Å². The number of nitrogens with zero attached hydrogens (tertiary/aromatic N) is 1. The lowest BCUT2D eigenvalue weighted by atomic mass is 10.2. The number of ether oxygens (including phenoxy) is 1. The number of para-hydroxylation sites is 1. The summed E-state index contributed by atoms with van der Waals surface area (Å²) < 4.78 is 32.2. The van der Waals surface area contributed by atoms with Gasteiger partial charge in [0, 0.05) is 0 Å². The minimum Gasteiger partial charge on any atom is -0.462 e. The second kappa shape index (κ2) is 8.53. The largest absolute Gasteiger partial charge is 0.462 e. The molecule has 0 radical (unpaired) electrons. The molecule has 0 saturated carbocycles. The molecule has 0 aliphatic carbocycles. The smallest absolute Gasteiger partial charge is 0.340 e. The number of carbonyl (C=O) groups is 1. The zero-order chi connectivity index (χ0) is 20.0. The van der Waals surface area contributed by atoms with E-state index in [0.717, 1.165) is 0 Å². The average molecular weight is 397 g/mol. The molecule has 28 heavy (non-hydrogen) atoms. The second-order valence-corrected chi connectivity index (χ2v) is 7.42. The summed E-state index contributed by atoms with van der Waals surface area (Å²) in [5.74, 6) is 0.0252. The predicted octanol–water partition coefficient (Wildman–Crippen LogP) is 3.80. The topological polar surface area (TPSA) is 97.4 Å². The molecule has 0 aliphatic rings. The summed E-state index contributed by atoms with van der Waals surface area (Å²) in [5.41, 5.74) is 1.26. The zero-order valence-electron chi connectivity index (χ0n) is 15.1. The third-order valence-corrected chi connectivity index (χ3v) is 5.15. The number of rotatable bonds is 7. The van der Waals surface area contributed by atoms with Crippen LogP contribution in [0.15, 0.2) is 77.8 Å². The van der Waals surface area contributed by atoms with Crippen molar-refractivity contribution in [1.29, 1.82) is 0 Å². The Morgan fingerprint density at radius 3 is 2.39 bits per heavy atom. The molecule has 3 rings (SSSR count). The Morgan fingerprint density at radius 1 is 1.00 bits per heavy atom. The molecule has 1 heterocycles. The number of sulfonamides is 1. The lowest BCUT2D eigenvalue weighted by Gasteiger charge is -2.12. The molecule has 1 aromatic heterocycles. The number of anilines is 3. The number of pyridine rings is 1. The van der Waals surface area contributed by atoms with Gasteiger partial charge in [-0.1, -0.05) is 30.3 Å². The predicted molar refractivity (Wildman–Crippen MR) is 107 cm³/mol. The van der Waals surface area contributed by atoms with Gasteiger partial charge in [0.15, 0.2) is 0 Å². The number of esters is 1. The van der Waals surface area contributed by atoms with Crippen molar-refractivity contribution in [2.75, 3.05) is 16.6 Å². The highest BCUT2D eigenvalue weighted by molar-refractivity contribution is 7.92. The van der Waals surface area contributed by atoms with Gasteiger partial charge in [0.1, 0.15) is 5.82 Å². The van der Waals surface area contributed by atoms with E-state index in [9.17, 15) is 13.2 Å². The Kier molecular flexibility index (Phi) is 5.90. The van der Waals surface area contributed by atoms with Gasteiger partial charge >= 0.3 is 5.97 Å². The molecule has 0 aliphatic heterocycles. The van der Waals surface area contributed by atoms with Crippen molar-refractivity contribution < 1.29 is 17.9 Å². The van der Waals surface area contributed by atoms with E-state index in [4.69, 9.17) is 4.74 Å². The van der Waals surface area contributed by atoms with Crippen LogP contribution in [0.2, 0.25) is 0 Å². The monoisotopic (exact) mass is 397 g/mol. The van der Waals surface area contributed by atoms with Gasteiger partial charge < -0.3 is 10.1 Å². The summed E-state index contributed by atoms with van der Waals surface area (Å²) in [6.45, 7) is 2.02. The van der Waals surface area contributed by atoms with Crippen LogP contribution in [0.3, 0.4) is 0 Å². The lowest BCUT2D eigenvalue weighted by Crippen LogP contribution is -2.13. The Hall–Kier alpha value is -3.39. The molecule has 0 unspecified atom stereocenters. The molecule has 0 fully saturated rings. The van der Waals surface area contributed by atoms with Crippen molar-refractivity contribution in [3.05, 3.63) is 78.5 Å². The maximum Gasteiger partial charge on any atom is 0.340 e. The van der Waals surface area contributed by atoms with Crippen molar-refractivity contribution >= 4 is 33.2 Å². The fourth-order valence-corrected chi connectivity index (χ4v) is 3.52. The van der Waals surface area contributed by atoms with Crippen molar-refractivity contribution in [3.63, 3.8) is 0 Å². The molecule has 0 atom stereocenters. The minimum absolute atomic E-state index is 0.167. The molecule has 0 amide bonds. The highest BCUT2D eigenvalue weighted by Gasteiger charge is 2.14. The molecule has 3 aromatic rings. The van der Waals surface area contributed by atoms with Crippen molar-refractivity contribution in [2.24, 2.45) is 0 Å². The number of benzene rings is 2. The van der Waals surface area contributed by atoms with Crippen LogP contribution in [0.5, 0.6) is 0 Å². The van der Waals surface area contributed by atoms with Crippen molar-refractivity contribution in [2.45, 2.75) is 11.8 Å². The van der Waals surface area contributed by atoms with Gasteiger partial charge in [0.2, 0.25) is 0 Å². The van der Waals surface area contributed by atoms with Crippen LogP contribution in [-0.4, -0.2) is 26.0 Å². The van der Waals surface area contributed by atoms with Crippen LogP contribution in [-0.2, 0) is 14.8 Å². The number of carbonyl (C=O) groups excluding carboxylic acids is 1. The third kappa shape index (κ3) is 4.66. The van der Waals surface area contributed by atoms with Gasteiger partial charge in [-0.25, -0.2) is 18.2 Å². The van der Waals surface area contributed by atoms with E-state index in [1.165, 1.54) is 18.3 Å². The number of nitrogens with one attached hydrogen (secondary N) is 2. The van der Waals surface area contributed by atoms with E-state index >= 15 is 0 Å². The highest BCUT2D eigenvalue weighted by atomic mass is 32.2. The summed E-state index contributed by atoms with van der Waals surface area (Å²) in [5, 5.41) is 3.04. The van der Waals surface area contributed by atoms with Gasteiger partial charge in [-0.05, 0) is 43.3 Å². The summed E-state index contributed by atoms with van der Waals surface area (Å²) in [7, 11) is -3.68. The number of hydrogen-bond donors (Lipinski definition) is 2. The van der Waals surface area contributed by atoms with Crippen molar-refractivity contribution in [3.8, 4) is 0 Å². The van der Waals surface area contributed by atoms with E-state index in [2.05, 4.69) is 15.0 Å². The second-order valence-electron chi connectivity index (χ2n) is 5.74. The normalized spacial score (nSPS) is 10.9. The van der Waals surface area contributed by atoms with E-state index in [-0.39, 0.29) is 11.5 Å². The molecule has 2 N–H and O–H groups in total. The molecule has 0 saturated heterocycles. The molecule has 0 bridgehead atoms. The standard InChI is InChI=1S/C20H19N3O4S/c1-2-27-20(24)17-10-6-7-11-18(17)22-19-13-12-15(14-21-19)23-28(25,26)16-8-4-3-5-9-16/h3-14,23H,2H2,1H3,(H,21,22). The maximum absolute atomic E-state index is 12.4. The maximum atomic E-state index is 12.4. The van der Waals surface area contributed by atoms with E-state index in [1.54, 1.807) is 61.5 Å². The SMILES string of the molecule is CCOC(=O)c1ccccc1Nc1ccc(NS(=O)(=O)c2ccccc2)cn1. The first-order chi connectivity index (χ1) is 13.5. The quantitative estimate of drug-likeness (QED) is 0.589. The van der Waals surface area contributed by atoms with Crippen LogP contribution >= 0.6 is 0 Å². The first kappa shape index (κ1) is 19.4. The first-order valence-electron chi connectivity index (χ1n) is 8.56. The summed E-state index contributed by atoms with van der Waals surface area (Å²) >= 11 is 0. The first-order valence-corrected chi connectivity index (χ1v) is 10.0. The van der Waals surface area contributed by atoms with Gasteiger partial charge in [0.05, 0.1) is 34.6 Å².